The van der Waals surface area contributed by atoms with Gasteiger partial charge in [-0.2, -0.15) is 0 Å². The number of carbonyl (C=O) groups excluding carboxylic acids is 4. The van der Waals surface area contributed by atoms with Gasteiger partial charge in [-0.1, -0.05) is 41.5 Å². The molecule has 2 heterocycles. The van der Waals surface area contributed by atoms with E-state index in [-0.39, 0.29) is 34.5 Å². The van der Waals surface area contributed by atoms with Gasteiger partial charge in [0.05, 0.1) is 0 Å². The number of imide groups is 2. The summed E-state index contributed by atoms with van der Waals surface area (Å²) in [6, 6.07) is 7.56. The second kappa shape index (κ2) is 10.7. The SMILES string of the molecule is CC12CCC(C1)C(C)(C)C2NCCCN1C(=O)c2ccc3c4c(ccc(c24)C1=O)C(=O)N(CCCNC1C2(C)CCC(C2)C1(C)C)C3=O. The molecule has 8 nitrogen and oxygen atoms in total. The zero-order valence-corrected chi connectivity index (χ0v) is 29.6. The molecule has 0 saturated heterocycles. The van der Waals surface area contributed by atoms with Crippen molar-refractivity contribution in [3.8, 4) is 0 Å². The number of nitrogens with one attached hydrogen (secondary N) is 2. The minimum absolute atomic E-state index is 0.241. The van der Waals surface area contributed by atoms with E-state index in [4.69, 9.17) is 0 Å². The van der Waals surface area contributed by atoms with Crippen LogP contribution in [0, 0.1) is 33.5 Å². The molecule has 2 aromatic carbocycles. The Hall–Kier alpha value is -3.10. The first-order valence-electron chi connectivity index (χ1n) is 18.5. The highest BCUT2D eigenvalue weighted by Crippen LogP contribution is 2.63. The van der Waals surface area contributed by atoms with Crippen LogP contribution in [0.3, 0.4) is 0 Å². The molecule has 4 saturated carbocycles. The van der Waals surface area contributed by atoms with E-state index in [1.165, 1.54) is 48.3 Å². The van der Waals surface area contributed by atoms with Gasteiger partial charge >= 0.3 is 0 Å². The van der Waals surface area contributed by atoms with Gasteiger partial charge in [0, 0.05) is 58.2 Å². The van der Waals surface area contributed by atoms with Crippen LogP contribution in [0.25, 0.3) is 10.8 Å². The summed E-state index contributed by atoms with van der Waals surface area (Å²) < 4.78 is 0. The summed E-state index contributed by atoms with van der Waals surface area (Å²) in [5.74, 6) is 0.0886. The van der Waals surface area contributed by atoms with Gasteiger partial charge in [0.2, 0.25) is 0 Å². The van der Waals surface area contributed by atoms with Crippen LogP contribution in [0.4, 0.5) is 0 Å². The lowest BCUT2D eigenvalue weighted by atomic mass is 9.68. The molecule has 2 N–H and O–H groups in total. The smallest absolute Gasteiger partial charge is 0.261 e. The maximum Gasteiger partial charge on any atom is 0.261 e. The Balaban J connectivity index is 0.945. The number of hydrogen-bond donors (Lipinski definition) is 2. The molecule has 2 aromatic rings. The summed E-state index contributed by atoms with van der Waals surface area (Å²) in [4.78, 5) is 57.8. The Morgan fingerprint density at radius 2 is 0.917 bits per heavy atom. The van der Waals surface area contributed by atoms with Crippen molar-refractivity contribution in [3.05, 3.63) is 46.5 Å². The predicted octanol–water partition coefficient (Wildman–Crippen LogP) is 6.42. The molecule has 2 aliphatic heterocycles. The highest BCUT2D eigenvalue weighted by Gasteiger charge is 2.60. The summed E-state index contributed by atoms with van der Waals surface area (Å²) >= 11 is 0. The molecule has 0 radical (unpaired) electrons. The number of carbonyl (C=O) groups is 4. The Kier molecular flexibility index (Phi) is 7.16. The van der Waals surface area contributed by atoms with E-state index in [9.17, 15) is 19.2 Å². The summed E-state index contributed by atoms with van der Waals surface area (Å²) in [6.07, 6.45) is 8.98. The molecule has 0 aromatic heterocycles. The van der Waals surface area contributed by atoms with E-state index in [1.54, 1.807) is 24.3 Å². The van der Waals surface area contributed by atoms with Crippen LogP contribution in [0.2, 0.25) is 0 Å². The highest BCUT2D eigenvalue weighted by molar-refractivity contribution is 6.33. The van der Waals surface area contributed by atoms with E-state index < -0.39 is 0 Å². The van der Waals surface area contributed by atoms with E-state index in [1.807, 2.05) is 0 Å². The maximum atomic E-state index is 13.8. The molecular formula is C40H52N4O4. The minimum atomic E-state index is -0.353. The van der Waals surface area contributed by atoms with Crippen molar-refractivity contribution in [3.63, 3.8) is 0 Å². The molecule has 6 atom stereocenters. The average Bonchev–Trinajstić information content (AvgIpc) is 3.73. The van der Waals surface area contributed by atoms with Crippen LogP contribution in [0.5, 0.6) is 0 Å². The summed E-state index contributed by atoms with van der Waals surface area (Å²) in [6.45, 7) is 16.4. The zero-order valence-electron chi connectivity index (χ0n) is 29.6. The Labute approximate surface area is 284 Å². The van der Waals surface area contributed by atoms with Gasteiger partial charge in [-0.25, -0.2) is 0 Å². The largest absolute Gasteiger partial charge is 0.313 e. The fraction of sp³-hybridized carbons (Fsp3) is 0.650. The van der Waals surface area contributed by atoms with Gasteiger partial charge in [-0.15, -0.1) is 0 Å². The van der Waals surface area contributed by atoms with Gasteiger partial charge in [0.25, 0.3) is 23.6 Å². The topological polar surface area (TPSA) is 98.8 Å². The van der Waals surface area contributed by atoms with Crippen LogP contribution >= 0.6 is 0 Å². The minimum Gasteiger partial charge on any atom is -0.313 e. The van der Waals surface area contributed by atoms with Crippen molar-refractivity contribution < 1.29 is 19.2 Å². The lowest BCUT2D eigenvalue weighted by Crippen LogP contribution is -2.51. The van der Waals surface area contributed by atoms with E-state index in [0.717, 1.165) is 24.9 Å². The van der Waals surface area contributed by atoms with Gasteiger partial charge in [0.1, 0.15) is 0 Å². The molecule has 8 heteroatoms. The number of fused-ring (bicyclic) bond motifs is 4. The Morgan fingerprint density at radius 3 is 1.21 bits per heavy atom. The van der Waals surface area contributed by atoms with Crippen molar-refractivity contribution in [1.82, 2.24) is 20.4 Å². The second-order valence-electron chi connectivity index (χ2n) is 17.9. The molecule has 4 fully saturated rings. The van der Waals surface area contributed by atoms with Crippen molar-refractivity contribution in [2.24, 2.45) is 33.5 Å². The Morgan fingerprint density at radius 1 is 0.583 bits per heavy atom. The third-order valence-electron chi connectivity index (χ3n) is 14.4. The van der Waals surface area contributed by atoms with Crippen LogP contribution in [0.15, 0.2) is 24.3 Å². The number of nitrogens with zero attached hydrogens (tertiary/aromatic N) is 2. The highest BCUT2D eigenvalue weighted by atomic mass is 16.2. The van der Waals surface area contributed by atoms with Crippen LogP contribution in [-0.2, 0) is 0 Å². The van der Waals surface area contributed by atoms with Gasteiger partial charge in [-0.3, -0.25) is 29.0 Å². The monoisotopic (exact) mass is 652 g/mol. The first-order chi connectivity index (χ1) is 22.7. The molecule has 6 aliphatic rings. The van der Waals surface area contributed by atoms with Crippen LogP contribution < -0.4 is 10.6 Å². The molecule has 6 unspecified atom stereocenters. The second-order valence-corrected chi connectivity index (χ2v) is 17.9. The van der Waals surface area contributed by atoms with Gasteiger partial charge < -0.3 is 10.6 Å². The first kappa shape index (κ1) is 32.1. The zero-order chi connectivity index (χ0) is 34.0. The molecule has 256 valence electrons. The maximum absolute atomic E-state index is 13.8. The fourth-order valence-electron chi connectivity index (χ4n) is 12.0. The molecule has 4 bridgehead atoms. The van der Waals surface area contributed by atoms with Gasteiger partial charge in [0.15, 0.2) is 0 Å². The van der Waals surface area contributed by atoms with E-state index in [0.29, 0.717) is 81.9 Å². The third kappa shape index (κ3) is 4.40. The van der Waals surface area contributed by atoms with Crippen molar-refractivity contribution in [2.75, 3.05) is 26.2 Å². The molecular weight excluding hydrogens is 600 g/mol. The van der Waals surface area contributed by atoms with Crippen molar-refractivity contribution in [1.29, 1.82) is 0 Å². The van der Waals surface area contributed by atoms with Crippen molar-refractivity contribution in [2.45, 2.75) is 105 Å². The average molecular weight is 653 g/mol. The molecule has 4 aliphatic carbocycles. The molecule has 0 spiro atoms. The normalized spacial score (nSPS) is 34.0. The quantitative estimate of drug-likeness (QED) is 0.227. The number of hydrogen-bond acceptors (Lipinski definition) is 6. The standard InChI is InChI=1S/C40H52N4O4/c1-37(2)23-13-15-39(5,21-23)35(37)41-17-7-19-43-31(45)25-9-11-27-30-28(12-10-26(29(25)30)32(43)46)34(48)44(33(27)47)20-8-18-42-36-38(3,4)24-14-16-40(36,6)22-24/h9-12,23-24,35-36,41-42H,7-8,13-22H2,1-6H3. The molecule has 8 rings (SSSR count). The van der Waals surface area contributed by atoms with E-state index >= 15 is 0 Å². The third-order valence-corrected chi connectivity index (χ3v) is 14.4. The number of amides is 4. The number of rotatable bonds is 10. The van der Waals surface area contributed by atoms with Crippen LogP contribution in [-0.4, -0.2) is 71.7 Å². The lowest BCUT2D eigenvalue weighted by molar-refractivity contribution is 0.0583. The summed E-state index contributed by atoms with van der Waals surface area (Å²) in [7, 11) is 0. The van der Waals surface area contributed by atoms with E-state index in [2.05, 4.69) is 52.2 Å². The summed E-state index contributed by atoms with van der Waals surface area (Å²) in [5.41, 5.74) is 2.66. The fourth-order valence-corrected chi connectivity index (χ4v) is 12.0. The number of benzene rings is 2. The molecule has 48 heavy (non-hydrogen) atoms. The Bertz CT molecular complexity index is 1560. The molecule has 4 amide bonds. The summed E-state index contributed by atoms with van der Waals surface area (Å²) in [5, 5.41) is 8.50. The van der Waals surface area contributed by atoms with Crippen LogP contribution in [0.1, 0.15) is 134 Å². The predicted molar refractivity (Wildman–Crippen MR) is 186 cm³/mol. The lowest BCUT2D eigenvalue weighted by Gasteiger charge is -2.43. The van der Waals surface area contributed by atoms with Gasteiger partial charge in [-0.05, 0) is 122 Å². The van der Waals surface area contributed by atoms with Crippen molar-refractivity contribution >= 4 is 34.4 Å². The first-order valence-corrected chi connectivity index (χ1v) is 18.5.